The number of anilines is 1. The number of rotatable bonds is 5. The molecule has 0 spiro atoms. The summed E-state index contributed by atoms with van der Waals surface area (Å²) < 4.78 is 19.3. The van der Waals surface area contributed by atoms with Gasteiger partial charge in [0.05, 0.1) is 53.3 Å². The minimum Gasteiger partial charge on any atom is -1.00 e. The molecule has 2 aliphatic heterocycles. The van der Waals surface area contributed by atoms with Gasteiger partial charge in [0.25, 0.3) is 0 Å². The first kappa shape index (κ1) is 114. The van der Waals surface area contributed by atoms with Gasteiger partial charge in [-0.2, -0.15) is 31.3 Å². The van der Waals surface area contributed by atoms with Gasteiger partial charge in [0, 0.05) is 141 Å². The molecule has 0 saturated heterocycles. The van der Waals surface area contributed by atoms with Crippen LogP contribution in [0.25, 0.3) is 158 Å². The zero-order chi connectivity index (χ0) is 98.2. The Hall–Kier alpha value is -7.87. The minimum atomic E-state index is -1.75. The third-order valence-electron chi connectivity index (χ3n) is 24.4. The first-order chi connectivity index (χ1) is 66.5. The maximum absolute atomic E-state index is 9.04. The summed E-state index contributed by atoms with van der Waals surface area (Å²) in [6.07, 6.45) is 16.9. The standard InChI is InChI=1S/C18H16BrClN2Si.2C18H16N2Si.C15H8Br2N2.C15H9BrN2.C13H9BrN2.C4H9.C3H8Cl2Si.C3H7.C2H3ClO.CH4.BHNS.ClH.Li.Mg/c1-23(2,11-20)16-10-21-18-14-7-4-3-6-12(14)13-8-5-9-15(19)17(13)22(16)18;1-21(2)11-12-6-5-9-14-13-7-3-4-8-15(13)18-19-10-16(21)20(18)17(12)14;1-21(2)11-12-10-19-18-15-7-4-3-6-13(15)14-8-5-9-16(21)17(14)20(12)18;16-12-7-3-6-10-9-4-1-2-5-11(9)15-18-8-13(17)19(15)14(10)12;16-13-7-3-6-11-10-4-1-2-5-12(10)15-17-8-9-18(15)14(11)13;14-11-7-3-6-9-8-4-1-2-5-10(8)13(15)16-12(9)11;1-3-4-2;1-6(2,5)3-4;1-3-2;3-1-2-4;;1-2-3;;;/h3-10H,11H2,1-2H3;2*3-10H,11H2,1-2H3;1-8H;1-9H;1-7H,(H2,15,16);1,3-4H2,2H3;3H2,1-2H3;3H,1-2H3;2H,1H2;1H4;3H;1H;;/q;;;;;;-1;;-1;;;;;+1;+2/p-1. The van der Waals surface area contributed by atoms with E-state index in [4.69, 9.17) is 71.4 Å². The van der Waals surface area contributed by atoms with Gasteiger partial charge in [0.2, 0.25) is 0 Å². The number of nitrogens with two attached hydrogens (primary N) is 1. The van der Waals surface area contributed by atoms with Crippen LogP contribution in [0.15, 0.2) is 319 Å². The second kappa shape index (κ2) is 50.2. The normalized spacial score (nSPS) is 12.2. The molecule has 23 aromatic rings. The molecule has 0 fully saturated rings. The number of pyridine rings is 6. The zero-order valence-electron chi connectivity index (χ0n) is 80.4. The van der Waals surface area contributed by atoms with Crippen molar-refractivity contribution in [1.29, 1.82) is 0 Å². The summed E-state index contributed by atoms with van der Waals surface area (Å²) >= 11 is 43.6. The zero-order valence-corrected chi connectivity index (χ0v) is 98.4. The Bertz CT molecular complexity index is 8520. The number of benzene rings is 12. The Morgan fingerprint density at radius 3 is 1.29 bits per heavy atom. The van der Waals surface area contributed by atoms with Gasteiger partial charge < -0.3 is 40.7 Å². The van der Waals surface area contributed by atoms with E-state index in [-0.39, 0.29) is 67.6 Å². The van der Waals surface area contributed by atoms with E-state index < -0.39 is 31.6 Å². The van der Waals surface area contributed by atoms with E-state index in [0.717, 1.165) is 84.3 Å². The van der Waals surface area contributed by atoms with Crippen LogP contribution in [0.4, 0.5) is 5.82 Å². The molecule has 0 aliphatic carbocycles. The van der Waals surface area contributed by atoms with Crippen LogP contribution in [-0.2, 0) is 16.9 Å². The van der Waals surface area contributed by atoms with E-state index in [1.54, 1.807) is 5.19 Å². The Kier molecular flexibility index (Phi) is 40.5. The first-order valence-corrected chi connectivity index (χ1v) is 65.0. The summed E-state index contributed by atoms with van der Waals surface area (Å²) in [5.74, 6) is 0.690. The number of alkyl halides is 3. The summed E-state index contributed by atoms with van der Waals surface area (Å²) in [6, 6.07) is 91.6. The number of carbonyl (C=O) groups excluding carboxylic acids is 1. The molecule has 13 heterocycles. The van der Waals surface area contributed by atoms with E-state index in [1.165, 1.54) is 143 Å². The Balaban J connectivity index is 0.000000156. The summed E-state index contributed by atoms with van der Waals surface area (Å²) in [7, 11) is -1.69. The maximum atomic E-state index is 9.04. The molecule has 12 aromatic carbocycles. The Morgan fingerprint density at radius 2 is 0.824 bits per heavy atom. The summed E-state index contributed by atoms with van der Waals surface area (Å²) in [4.78, 5) is 36.8. The van der Waals surface area contributed by atoms with Crippen molar-refractivity contribution in [3.05, 3.63) is 339 Å². The van der Waals surface area contributed by atoms with Gasteiger partial charge >= 0.3 is 66.7 Å². The summed E-state index contributed by atoms with van der Waals surface area (Å²) in [5, 5.41) is 26.4. The number of para-hydroxylation sites is 6. The molecular formula is C110H106BBr5Cl5LiMgN13OSSi4. The molecule has 715 valence electrons. The largest absolute Gasteiger partial charge is 2.00 e. The number of imidazole rings is 5. The third-order valence-corrected chi connectivity index (χ3v) is 41.6. The molecule has 0 saturated carbocycles. The van der Waals surface area contributed by atoms with Crippen molar-refractivity contribution in [2.24, 2.45) is 4.30 Å². The van der Waals surface area contributed by atoms with E-state index >= 15 is 0 Å². The van der Waals surface area contributed by atoms with Crippen LogP contribution >= 0.6 is 138 Å². The smallest absolute Gasteiger partial charge is 1.00 e. The predicted octanol–water partition coefficient (Wildman–Crippen LogP) is 25.6. The van der Waals surface area contributed by atoms with E-state index in [1.807, 2.05) is 88.5 Å². The van der Waals surface area contributed by atoms with Crippen molar-refractivity contribution in [3.63, 3.8) is 0 Å². The summed E-state index contributed by atoms with van der Waals surface area (Å²) in [5.41, 5.74) is 22.6. The monoisotopic (exact) mass is 2380 g/mol. The number of fused-ring (bicyclic) bond motifs is 27. The number of nitrogen functional groups attached to an aromatic ring is 1. The molecule has 0 unspecified atom stereocenters. The van der Waals surface area contributed by atoms with Gasteiger partial charge in [-0.15, -0.1) is 34.8 Å². The average molecular weight is 2390 g/mol. The summed E-state index contributed by atoms with van der Waals surface area (Å²) in [6.45, 7) is 28.2. The van der Waals surface area contributed by atoms with Gasteiger partial charge in [0.1, 0.15) is 61.1 Å². The molecule has 0 amide bonds. The fourth-order valence-corrected chi connectivity index (χ4v) is 28.0. The van der Waals surface area contributed by atoms with Crippen molar-refractivity contribution in [3.8, 4) is 0 Å². The minimum absolute atomic E-state index is 0. The second-order valence-electron chi connectivity index (χ2n) is 36.1. The maximum Gasteiger partial charge on any atom is 2.00 e. The van der Waals surface area contributed by atoms with Gasteiger partial charge in [-0.05, 0) is 159 Å². The van der Waals surface area contributed by atoms with E-state index in [9.17, 15) is 0 Å². The molecule has 11 aromatic heterocycles. The van der Waals surface area contributed by atoms with Crippen LogP contribution in [0.1, 0.15) is 52.3 Å². The van der Waals surface area contributed by atoms with E-state index in [2.05, 4.69) is 431 Å². The molecule has 142 heavy (non-hydrogen) atoms. The Labute approximate surface area is 935 Å². The van der Waals surface area contributed by atoms with Gasteiger partial charge in [0.15, 0.2) is 7.38 Å². The number of hydrogen-bond donors (Lipinski definition) is 2. The van der Waals surface area contributed by atoms with Gasteiger partial charge in [-0.25, -0.2) is 29.9 Å². The van der Waals surface area contributed by atoms with E-state index in [0.29, 0.717) is 23.1 Å². The average Bonchev–Trinajstić information content (AvgIpc) is 1.67. The molecule has 0 atom stereocenters. The van der Waals surface area contributed by atoms with Crippen molar-refractivity contribution in [2.45, 2.75) is 106 Å². The first-order valence-electron chi connectivity index (χ1n) is 45.2. The SMILES string of the molecule is Brc1cccc2c3ccccc3c3ncc(Br)n3c12.Brc1cccc2c3ccccc3c3nccn3c12.C.C[CH-]C.C[Si](C)(CCl)c1cnc2c3ccccc3c3cccc(Br)c3n12.C[Si](C)(Cl)CCl.C[Si]1(C)Cc2cccc3c4ccccc4c4ncc1n4c23.C[Si]1(C)Cc2cnc3c4ccccc4c4cccc1c4n23.Nc1nc2c(Br)cccc2c2ccccc12.O=CCCl.[B]=NS.[CH2-]CCC.[Cl-].[Li+].[Mg+2]. The van der Waals surface area contributed by atoms with Crippen LogP contribution in [-0.4, -0.2) is 137 Å². The Morgan fingerprint density at radius 1 is 0.472 bits per heavy atom. The number of unbranched alkanes of at least 4 members (excludes halogenated alkanes) is 1. The van der Waals surface area contributed by atoms with Crippen LogP contribution in [0.5, 0.6) is 0 Å². The van der Waals surface area contributed by atoms with Crippen molar-refractivity contribution < 1.29 is 36.1 Å². The van der Waals surface area contributed by atoms with Gasteiger partial charge in [-0.3, -0.25) is 17.6 Å². The molecule has 1 radical (unpaired) electrons. The molecule has 14 nitrogen and oxygen atoms in total. The number of halogens is 10. The number of carbonyl (C=O) groups is 1. The van der Waals surface area contributed by atoms with Crippen LogP contribution in [0.2, 0.25) is 52.4 Å². The van der Waals surface area contributed by atoms with Gasteiger partial charge in [-0.1, -0.05) is 304 Å². The van der Waals surface area contributed by atoms with Crippen molar-refractivity contribution in [2.75, 3.05) is 22.6 Å². The molecular weight excluding hydrogens is 2280 g/mol. The number of hydrogen-bond acceptors (Lipinski definition) is 10. The fourth-order valence-electron chi connectivity index (χ4n) is 18.2. The second-order valence-corrected chi connectivity index (χ2v) is 63.1. The van der Waals surface area contributed by atoms with Crippen molar-refractivity contribution >= 4 is 387 Å². The number of thiol groups is 1. The molecule has 32 heteroatoms. The van der Waals surface area contributed by atoms with Crippen LogP contribution < -0.4 is 52.8 Å². The topological polar surface area (TPSA) is 155 Å². The number of aromatic nitrogens is 11. The van der Waals surface area contributed by atoms with Crippen LogP contribution in [0, 0.1) is 13.3 Å². The van der Waals surface area contributed by atoms with Crippen LogP contribution in [0.3, 0.4) is 0 Å². The molecule has 2 aliphatic rings. The molecule has 25 rings (SSSR count). The predicted molar refractivity (Wildman–Crippen MR) is 639 cm³/mol. The number of aldehydes is 1. The molecule has 0 bridgehead atoms. The fraction of sp³-hybridized carbons (Fsp3) is 0.173. The third kappa shape index (κ3) is 23.3. The number of nitrogens with zero attached hydrogens (tertiary/aromatic N) is 12. The quantitative estimate of drug-likeness (QED) is 0.0328. The molecule has 2 N–H and O–H groups in total. The van der Waals surface area contributed by atoms with Crippen molar-refractivity contribution in [1.82, 2.24) is 51.9 Å².